The van der Waals surface area contributed by atoms with E-state index in [-0.39, 0.29) is 17.9 Å². The second-order valence-corrected chi connectivity index (χ2v) is 8.37. The summed E-state index contributed by atoms with van der Waals surface area (Å²) >= 11 is 6.05. The summed E-state index contributed by atoms with van der Waals surface area (Å²) in [4.78, 5) is 11.7. The Labute approximate surface area is 182 Å². The molecular weight excluding hydrogens is 431 g/mol. The molecule has 1 aromatic heterocycles. The summed E-state index contributed by atoms with van der Waals surface area (Å²) < 4.78 is 46.6. The van der Waals surface area contributed by atoms with Gasteiger partial charge in [0.05, 0.1) is 23.6 Å². The van der Waals surface area contributed by atoms with E-state index in [0.29, 0.717) is 21.8 Å². The van der Waals surface area contributed by atoms with E-state index in [1.165, 1.54) is 10.7 Å². The normalized spacial score (nSPS) is 12.2. The van der Waals surface area contributed by atoms with Crippen LogP contribution < -0.4 is 5.73 Å². The fourth-order valence-corrected chi connectivity index (χ4v) is 3.10. The van der Waals surface area contributed by atoms with Crippen molar-refractivity contribution in [3.8, 4) is 16.8 Å². The van der Waals surface area contributed by atoms with Gasteiger partial charge in [-0.1, -0.05) is 23.7 Å². The molecule has 0 atom stereocenters. The van der Waals surface area contributed by atoms with Crippen LogP contribution in [0.25, 0.3) is 16.8 Å². The first-order valence-electron chi connectivity index (χ1n) is 9.35. The highest BCUT2D eigenvalue weighted by molar-refractivity contribution is 6.31. The highest BCUT2D eigenvalue weighted by Crippen LogP contribution is 2.31. The van der Waals surface area contributed by atoms with Crippen LogP contribution in [0.3, 0.4) is 0 Å². The Hall–Kier alpha value is -2.84. The van der Waals surface area contributed by atoms with E-state index in [1.807, 2.05) is 20.8 Å². The predicted octanol–water partition coefficient (Wildman–Crippen LogP) is 5.63. The van der Waals surface area contributed by atoms with Crippen LogP contribution >= 0.6 is 11.6 Å². The summed E-state index contributed by atoms with van der Waals surface area (Å²) in [6.07, 6.45) is -4.58. The van der Waals surface area contributed by atoms with Gasteiger partial charge in [-0.3, -0.25) is 4.79 Å². The van der Waals surface area contributed by atoms with Crippen LogP contribution in [-0.4, -0.2) is 21.3 Å². The van der Waals surface area contributed by atoms with E-state index in [4.69, 9.17) is 22.1 Å². The number of ether oxygens (including phenoxy) is 1. The maximum Gasteiger partial charge on any atom is 0.435 e. The van der Waals surface area contributed by atoms with Gasteiger partial charge in [0.25, 0.3) is 0 Å². The summed E-state index contributed by atoms with van der Waals surface area (Å²) in [5.41, 5.74) is 6.02. The van der Waals surface area contributed by atoms with Crippen LogP contribution in [-0.2, 0) is 17.5 Å². The lowest BCUT2D eigenvalue weighted by molar-refractivity contribution is -0.141. The lowest BCUT2D eigenvalue weighted by atomic mass is 9.99. The molecule has 0 bridgehead atoms. The second-order valence-electron chi connectivity index (χ2n) is 7.93. The average molecular weight is 452 g/mol. The third-order valence-electron chi connectivity index (χ3n) is 4.40. The van der Waals surface area contributed by atoms with Gasteiger partial charge in [-0.05, 0) is 68.3 Å². The summed E-state index contributed by atoms with van der Waals surface area (Å²) in [6, 6.07) is 12.2. The zero-order valence-electron chi connectivity index (χ0n) is 17.1. The SMILES string of the molecule is CC(C)(C)OCc1cc(C(F)(F)F)nn1-c1ccc(-c2cc(Cl)ccc2C(N)=O)cc1. The lowest BCUT2D eigenvalue weighted by Crippen LogP contribution is -2.19. The van der Waals surface area contributed by atoms with Crippen molar-refractivity contribution >= 4 is 17.5 Å². The van der Waals surface area contributed by atoms with Crippen molar-refractivity contribution in [2.75, 3.05) is 0 Å². The van der Waals surface area contributed by atoms with Crippen molar-refractivity contribution in [2.45, 2.75) is 39.2 Å². The molecule has 9 heteroatoms. The van der Waals surface area contributed by atoms with Gasteiger partial charge in [-0.2, -0.15) is 18.3 Å². The first kappa shape index (κ1) is 22.8. The number of alkyl halides is 3. The number of hydrogen-bond donors (Lipinski definition) is 1. The number of carbonyl (C=O) groups excluding carboxylic acids is 1. The van der Waals surface area contributed by atoms with Crippen molar-refractivity contribution in [3.05, 3.63) is 70.5 Å². The number of benzene rings is 2. The quantitative estimate of drug-likeness (QED) is 0.547. The number of carbonyl (C=O) groups is 1. The summed E-state index contributed by atoms with van der Waals surface area (Å²) in [5.74, 6) is -0.612. The molecule has 164 valence electrons. The van der Waals surface area contributed by atoms with Crippen LogP contribution in [0.2, 0.25) is 5.02 Å². The molecule has 3 aromatic rings. The maximum atomic E-state index is 13.2. The van der Waals surface area contributed by atoms with Gasteiger partial charge in [-0.25, -0.2) is 4.68 Å². The number of hydrogen-bond acceptors (Lipinski definition) is 3. The van der Waals surface area contributed by atoms with Crippen LogP contribution in [0.4, 0.5) is 13.2 Å². The molecule has 0 aliphatic rings. The van der Waals surface area contributed by atoms with Gasteiger partial charge < -0.3 is 10.5 Å². The van der Waals surface area contributed by atoms with Gasteiger partial charge in [-0.15, -0.1) is 0 Å². The zero-order chi connectivity index (χ0) is 23.0. The maximum absolute atomic E-state index is 13.2. The Morgan fingerprint density at radius 2 is 1.74 bits per heavy atom. The molecule has 1 amide bonds. The minimum atomic E-state index is -4.58. The number of nitrogens with two attached hydrogens (primary N) is 1. The van der Waals surface area contributed by atoms with E-state index in [1.54, 1.807) is 36.4 Å². The van der Waals surface area contributed by atoms with Gasteiger partial charge in [0.1, 0.15) is 0 Å². The third-order valence-corrected chi connectivity index (χ3v) is 4.63. The molecule has 3 rings (SSSR count). The number of primary amides is 1. The fraction of sp³-hybridized carbons (Fsp3) is 0.273. The Morgan fingerprint density at radius 1 is 1.10 bits per heavy atom. The predicted molar refractivity (Wildman–Crippen MR) is 112 cm³/mol. The minimum Gasteiger partial charge on any atom is -0.370 e. The van der Waals surface area contributed by atoms with Crippen molar-refractivity contribution in [2.24, 2.45) is 5.73 Å². The molecule has 0 saturated carbocycles. The minimum absolute atomic E-state index is 0.0472. The van der Waals surface area contributed by atoms with Gasteiger partial charge in [0.2, 0.25) is 5.91 Å². The Balaban J connectivity index is 2.02. The Morgan fingerprint density at radius 3 is 2.29 bits per heavy atom. The van der Waals surface area contributed by atoms with Crippen molar-refractivity contribution < 1.29 is 22.7 Å². The third kappa shape index (κ3) is 5.45. The number of halogens is 4. The number of aromatic nitrogens is 2. The van der Waals surface area contributed by atoms with E-state index in [2.05, 4.69) is 5.10 Å². The molecule has 0 saturated heterocycles. The standard InChI is InChI=1S/C22H21ClF3N3O2/c1-21(2,3)31-12-16-11-19(22(24,25)26)28-29(16)15-7-4-13(5-8-15)18-10-14(23)6-9-17(18)20(27)30/h4-11H,12H2,1-3H3,(H2,27,30). The van der Waals surface area contributed by atoms with E-state index in [9.17, 15) is 18.0 Å². The van der Waals surface area contributed by atoms with Gasteiger partial charge in [0.15, 0.2) is 5.69 Å². The zero-order valence-corrected chi connectivity index (χ0v) is 17.9. The van der Waals surface area contributed by atoms with Gasteiger partial charge >= 0.3 is 6.18 Å². The molecule has 1 heterocycles. The molecule has 5 nitrogen and oxygen atoms in total. The summed E-state index contributed by atoms with van der Waals surface area (Å²) in [5, 5.41) is 4.15. The van der Waals surface area contributed by atoms with Crippen molar-refractivity contribution in [1.29, 1.82) is 0 Å². The first-order valence-corrected chi connectivity index (χ1v) is 9.73. The molecule has 0 aliphatic heterocycles. The Bertz CT molecular complexity index is 1100. The molecule has 2 aromatic carbocycles. The first-order chi connectivity index (χ1) is 14.3. The smallest absolute Gasteiger partial charge is 0.370 e. The van der Waals surface area contributed by atoms with Crippen molar-refractivity contribution in [3.63, 3.8) is 0 Å². The van der Waals surface area contributed by atoms with Gasteiger partial charge in [0, 0.05) is 10.6 Å². The number of rotatable bonds is 5. The van der Waals surface area contributed by atoms with E-state index < -0.39 is 23.4 Å². The topological polar surface area (TPSA) is 70.1 Å². The molecule has 31 heavy (non-hydrogen) atoms. The lowest BCUT2D eigenvalue weighted by Gasteiger charge is -2.19. The fourth-order valence-electron chi connectivity index (χ4n) is 2.93. The van der Waals surface area contributed by atoms with Crippen LogP contribution in [0.5, 0.6) is 0 Å². The molecule has 0 fully saturated rings. The number of nitrogens with zero attached hydrogens (tertiary/aromatic N) is 2. The van der Waals surface area contributed by atoms with Crippen molar-refractivity contribution in [1.82, 2.24) is 9.78 Å². The molecule has 0 unspecified atom stereocenters. The molecule has 0 aliphatic carbocycles. The molecular formula is C22H21ClF3N3O2. The molecule has 2 N–H and O–H groups in total. The van der Waals surface area contributed by atoms with Crippen LogP contribution in [0, 0.1) is 0 Å². The summed E-state index contributed by atoms with van der Waals surface area (Å²) in [7, 11) is 0. The monoisotopic (exact) mass is 451 g/mol. The number of amides is 1. The molecule has 0 spiro atoms. The summed E-state index contributed by atoms with van der Waals surface area (Å²) in [6.45, 7) is 5.39. The highest BCUT2D eigenvalue weighted by Gasteiger charge is 2.35. The molecule has 0 radical (unpaired) electrons. The largest absolute Gasteiger partial charge is 0.435 e. The van der Waals surface area contributed by atoms with Crippen LogP contribution in [0.15, 0.2) is 48.5 Å². The highest BCUT2D eigenvalue weighted by atomic mass is 35.5. The van der Waals surface area contributed by atoms with E-state index in [0.717, 1.165) is 6.07 Å². The second kappa shape index (κ2) is 8.36. The van der Waals surface area contributed by atoms with Crippen LogP contribution in [0.1, 0.15) is 42.5 Å². The van der Waals surface area contributed by atoms with E-state index >= 15 is 0 Å². The Kier molecular flexibility index (Phi) is 6.16. The average Bonchev–Trinajstić information content (AvgIpc) is 3.10.